The number of pyridine rings is 1. The molecule has 2 aromatic heterocycles. The largest absolute Gasteiger partial charge is 0.480 e. The van der Waals surface area contributed by atoms with E-state index >= 15 is 0 Å². The summed E-state index contributed by atoms with van der Waals surface area (Å²) in [5, 5.41) is 23.4. The Morgan fingerprint density at radius 3 is 3.06 bits per heavy atom. The number of nitrogens with zero attached hydrogens (tertiary/aromatic N) is 3. The van der Waals surface area contributed by atoms with Crippen molar-refractivity contribution in [2.24, 2.45) is 5.92 Å². The van der Waals surface area contributed by atoms with Gasteiger partial charge in [0.15, 0.2) is 0 Å². The zero-order valence-electron chi connectivity index (χ0n) is 19.8. The fourth-order valence-corrected chi connectivity index (χ4v) is 5.17. The average Bonchev–Trinajstić information content (AvgIpc) is 3.54. The zero-order chi connectivity index (χ0) is 24.2. The number of nitrogens with one attached hydrogen (secondary N) is 3. The molecule has 0 bridgehead atoms. The van der Waals surface area contributed by atoms with E-state index in [9.17, 15) is 14.7 Å². The summed E-state index contributed by atoms with van der Waals surface area (Å²) in [4.78, 5) is 31.7. The van der Waals surface area contributed by atoms with E-state index in [1.807, 2.05) is 6.07 Å². The molecule has 5 rings (SSSR count). The zero-order valence-corrected chi connectivity index (χ0v) is 19.8. The molecule has 1 aromatic carbocycles. The molecule has 4 heterocycles. The summed E-state index contributed by atoms with van der Waals surface area (Å²) in [6.07, 6.45) is 7.42. The van der Waals surface area contributed by atoms with E-state index in [0.717, 1.165) is 62.2 Å². The highest BCUT2D eigenvalue weighted by Gasteiger charge is 2.26. The lowest BCUT2D eigenvalue weighted by molar-refractivity contribution is -0.139. The molecule has 2 atom stereocenters. The summed E-state index contributed by atoms with van der Waals surface area (Å²) in [5.74, 6) is 0.209. The molecule has 1 saturated heterocycles. The fraction of sp³-hybridized carbons (Fsp3) is 0.462. The number of aromatic nitrogens is 3. The van der Waals surface area contributed by atoms with E-state index in [0.29, 0.717) is 30.0 Å². The number of para-hydroxylation sites is 1. The lowest BCUT2D eigenvalue weighted by Gasteiger charge is -2.20. The van der Waals surface area contributed by atoms with Crippen LogP contribution in [0.4, 0.5) is 5.82 Å². The number of benzene rings is 1. The van der Waals surface area contributed by atoms with Crippen molar-refractivity contribution in [1.82, 2.24) is 25.4 Å². The first-order chi connectivity index (χ1) is 17.1. The Morgan fingerprint density at radius 1 is 1.26 bits per heavy atom. The van der Waals surface area contributed by atoms with Crippen LogP contribution in [0, 0.1) is 5.92 Å². The smallest absolute Gasteiger partial charge is 0.326 e. The van der Waals surface area contributed by atoms with Gasteiger partial charge in [0.05, 0.1) is 17.3 Å². The molecule has 0 aliphatic carbocycles. The summed E-state index contributed by atoms with van der Waals surface area (Å²) in [5.41, 5.74) is 3.46. The molecule has 0 saturated carbocycles. The normalized spacial score (nSPS) is 18.7. The second kappa shape index (κ2) is 10.4. The average molecular weight is 477 g/mol. The number of amides is 1. The maximum atomic E-state index is 12.8. The first kappa shape index (κ1) is 23.3. The Bertz CT molecular complexity index is 1210. The Balaban J connectivity index is 1.10. The Hall–Kier alpha value is -3.46. The van der Waals surface area contributed by atoms with E-state index < -0.39 is 17.9 Å². The SMILES string of the molecule is O=C(NC(CCN1CC[C@H](CCc2ccc3c(n2)NCCC3)C1)C(=O)O)c1cccc2cn[nH]c12. The van der Waals surface area contributed by atoms with Gasteiger partial charge in [-0.25, -0.2) is 9.78 Å². The van der Waals surface area contributed by atoms with Crippen LogP contribution in [-0.2, 0) is 17.6 Å². The number of likely N-dealkylation sites (tertiary alicyclic amines) is 1. The molecule has 2 aliphatic heterocycles. The molecule has 1 unspecified atom stereocenters. The number of carboxylic acid groups (broad SMARTS) is 1. The Labute approximate surface area is 204 Å². The number of aliphatic carboxylic acids is 1. The third-order valence-electron chi connectivity index (χ3n) is 7.19. The maximum absolute atomic E-state index is 12.8. The number of anilines is 1. The van der Waals surface area contributed by atoms with Crippen molar-refractivity contribution in [2.45, 2.75) is 44.6 Å². The van der Waals surface area contributed by atoms with Crippen molar-refractivity contribution in [2.75, 3.05) is 31.5 Å². The number of aryl methyl sites for hydroxylation is 2. The Kier molecular flexibility index (Phi) is 6.94. The van der Waals surface area contributed by atoms with Crippen molar-refractivity contribution in [1.29, 1.82) is 0 Å². The predicted octanol–water partition coefficient (Wildman–Crippen LogP) is 2.84. The molecule has 3 aromatic rings. The molecule has 0 radical (unpaired) electrons. The van der Waals surface area contributed by atoms with Crippen LogP contribution in [0.1, 0.15) is 47.3 Å². The minimum atomic E-state index is -1.02. The number of hydrogen-bond acceptors (Lipinski definition) is 6. The summed E-state index contributed by atoms with van der Waals surface area (Å²) in [7, 11) is 0. The van der Waals surface area contributed by atoms with E-state index in [-0.39, 0.29) is 0 Å². The quantitative estimate of drug-likeness (QED) is 0.374. The first-order valence-corrected chi connectivity index (χ1v) is 12.5. The highest BCUT2D eigenvalue weighted by Crippen LogP contribution is 2.24. The van der Waals surface area contributed by atoms with Crippen molar-refractivity contribution in [3.8, 4) is 0 Å². The third kappa shape index (κ3) is 5.45. The van der Waals surface area contributed by atoms with Gasteiger partial charge in [-0.05, 0) is 68.7 Å². The number of fused-ring (bicyclic) bond motifs is 2. The fourth-order valence-electron chi connectivity index (χ4n) is 5.17. The van der Waals surface area contributed by atoms with Crippen LogP contribution in [-0.4, -0.2) is 69.3 Å². The van der Waals surface area contributed by atoms with E-state index in [2.05, 4.69) is 37.9 Å². The van der Waals surface area contributed by atoms with Gasteiger partial charge in [0.1, 0.15) is 11.9 Å². The third-order valence-corrected chi connectivity index (χ3v) is 7.19. The van der Waals surface area contributed by atoms with Gasteiger partial charge in [0.25, 0.3) is 5.91 Å². The monoisotopic (exact) mass is 476 g/mol. The molecule has 0 spiro atoms. The second-order valence-electron chi connectivity index (χ2n) is 9.63. The number of aromatic amines is 1. The summed E-state index contributed by atoms with van der Waals surface area (Å²) in [6.45, 7) is 3.55. The molecule has 9 heteroatoms. The molecule has 184 valence electrons. The number of H-pyrrole nitrogens is 1. The van der Waals surface area contributed by atoms with Crippen molar-refractivity contribution in [3.05, 3.63) is 53.3 Å². The second-order valence-corrected chi connectivity index (χ2v) is 9.63. The highest BCUT2D eigenvalue weighted by atomic mass is 16.4. The van der Waals surface area contributed by atoms with Gasteiger partial charge in [0, 0.05) is 30.7 Å². The van der Waals surface area contributed by atoms with Crippen molar-refractivity contribution >= 4 is 28.6 Å². The summed E-state index contributed by atoms with van der Waals surface area (Å²) < 4.78 is 0. The van der Waals surface area contributed by atoms with Gasteiger partial charge in [-0.2, -0.15) is 5.10 Å². The van der Waals surface area contributed by atoms with Crippen LogP contribution in [0.2, 0.25) is 0 Å². The maximum Gasteiger partial charge on any atom is 0.326 e. The van der Waals surface area contributed by atoms with Crippen molar-refractivity contribution in [3.63, 3.8) is 0 Å². The lowest BCUT2D eigenvalue weighted by atomic mass is 10.00. The molecule has 9 nitrogen and oxygen atoms in total. The number of carbonyl (C=O) groups excluding carboxylic acids is 1. The first-order valence-electron chi connectivity index (χ1n) is 12.5. The van der Waals surface area contributed by atoms with E-state index in [1.165, 1.54) is 12.0 Å². The minimum absolute atomic E-state index is 0.366. The van der Waals surface area contributed by atoms with Crippen LogP contribution in [0.15, 0.2) is 36.5 Å². The van der Waals surface area contributed by atoms with Crippen LogP contribution in [0.3, 0.4) is 0 Å². The van der Waals surface area contributed by atoms with Gasteiger partial charge in [-0.1, -0.05) is 18.2 Å². The molecule has 1 fully saturated rings. The Morgan fingerprint density at radius 2 is 2.17 bits per heavy atom. The topological polar surface area (TPSA) is 123 Å². The van der Waals surface area contributed by atoms with E-state index in [1.54, 1.807) is 18.3 Å². The van der Waals surface area contributed by atoms with Crippen molar-refractivity contribution < 1.29 is 14.7 Å². The highest BCUT2D eigenvalue weighted by molar-refractivity contribution is 6.06. The lowest BCUT2D eigenvalue weighted by Crippen LogP contribution is -2.43. The number of carboxylic acids is 1. The van der Waals surface area contributed by atoms with Crippen LogP contribution < -0.4 is 10.6 Å². The molecule has 2 aliphatic rings. The molecular weight excluding hydrogens is 444 g/mol. The molecule has 4 N–H and O–H groups in total. The number of hydrogen-bond donors (Lipinski definition) is 4. The van der Waals surface area contributed by atoms with Gasteiger partial charge in [-0.3, -0.25) is 9.89 Å². The van der Waals surface area contributed by atoms with E-state index in [4.69, 9.17) is 4.98 Å². The van der Waals surface area contributed by atoms with Crippen LogP contribution in [0.5, 0.6) is 0 Å². The standard InChI is InChI=1S/C26H32N6O3/c33-25(21-5-1-3-19-15-28-31-23(19)21)30-22(26(34)35)11-14-32-13-10-17(16-32)6-8-20-9-7-18-4-2-12-27-24(18)29-20/h1,3,5,7,9,15,17,22H,2,4,6,8,10-14,16H2,(H,27,29)(H,28,31)(H,30,33)(H,34,35)/t17-,22?/m0/s1. The van der Waals surface area contributed by atoms with Crippen LogP contribution in [0.25, 0.3) is 10.9 Å². The van der Waals surface area contributed by atoms with Gasteiger partial charge in [-0.15, -0.1) is 0 Å². The molecule has 1 amide bonds. The summed E-state index contributed by atoms with van der Waals surface area (Å²) >= 11 is 0. The van der Waals surface area contributed by atoms with Crippen LogP contribution >= 0.6 is 0 Å². The minimum Gasteiger partial charge on any atom is -0.480 e. The number of rotatable bonds is 9. The van der Waals surface area contributed by atoms with Gasteiger partial charge >= 0.3 is 5.97 Å². The summed E-state index contributed by atoms with van der Waals surface area (Å²) in [6, 6.07) is 8.72. The molecule has 35 heavy (non-hydrogen) atoms. The molecular formula is C26H32N6O3. The predicted molar refractivity (Wildman–Crippen MR) is 134 cm³/mol. The van der Waals surface area contributed by atoms with Gasteiger partial charge in [0.2, 0.25) is 0 Å². The van der Waals surface area contributed by atoms with Gasteiger partial charge < -0.3 is 20.6 Å². The number of carbonyl (C=O) groups is 2.